The Morgan fingerprint density at radius 3 is 2.42 bits per heavy atom. The van der Waals surface area contributed by atoms with Crippen LogP contribution < -0.4 is 5.32 Å². The van der Waals surface area contributed by atoms with E-state index in [1.165, 1.54) is 12.8 Å². The molecule has 1 saturated carbocycles. The number of rotatable bonds is 7. The van der Waals surface area contributed by atoms with E-state index in [-0.39, 0.29) is 11.4 Å². The van der Waals surface area contributed by atoms with E-state index in [9.17, 15) is 8.42 Å². The third-order valence-electron chi connectivity index (χ3n) is 3.94. The summed E-state index contributed by atoms with van der Waals surface area (Å²) < 4.78 is 32.1. The van der Waals surface area contributed by atoms with Crippen LogP contribution in [0.2, 0.25) is 0 Å². The first-order chi connectivity index (χ1) is 9.04. The van der Waals surface area contributed by atoms with Gasteiger partial charge in [-0.05, 0) is 39.5 Å². The van der Waals surface area contributed by atoms with E-state index in [0.29, 0.717) is 32.3 Å². The van der Waals surface area contributed by atoms with Gasteiger partial charge < -0.3 is 10.1 Å². The van der Waals surface area contributed by atoms with Gasteiger partial charge in [-0.1, -0.05) is 0 Å². The van der Waals surface area contributed by atoms with Gasteiger partial charge in [0.2, 0.25) is 10.0 Å². The van der Waals surface area contributed by atoms with Gasteiger partial charge in [-0.25, -0.2) is 12.7 Å². The smallest absolute Gasteiger partial charge is 0.217 e. The van der Waals surface area contributed by atoms with Crippen LogP contribution in [0.25, 0.3) is 0 Å². The molecule has 0 spiro atoms. The average molecular weight is 290 g/mol. The van der Waals surface area contributed by atoms with Gasteiger partial charge in [-0.2, -0.15) is 0 Å². The molecule has 2 rings (SSSR count). The molecule has 1 heterocycles. The van der Waals surface area contributed by atoms with Crippen LogP contribution in [0.1, 0.15) is 39.5 Å². The molecule has 2 aliphatic rings. The van der Waals surface area contributed by atoms with Crippen molar-refractivity contribution < 1.29 is 13.2 Å². The van der Waals surface area contributed by atoms with Crippen LogP contribution in [0, 0.1) is 0 Å². The van der Waals surface area contributed by atoms with Crippen LogP contribution in [0.4, 0.5) is 0 Å². The largest absolute Gasteiger partial charge is 0.378 e. The van der Waals surface area contributed by atoms with Crippen molar-refractivity contribution in [2.75, 3.05) is 26.2 Å². The molecule has 1 aliphatic heterocycles. The first kappa shape index (κ1) is 15.2. The predicted octanol–water partition coefficient (Wildman–Crippen LogP) is 0.958. The Hall–Kier alpha value is -0.170. The summed E-state index contributed by atoms with van der Waals surface area (Å²) in [5, 5.41) is 2.96. The fourth-order valence-electron chi connectivity index (χ4n) is 2.47. The molecule has 0 bridgehead atoms. The Balaban J connectivity index is 1.81. The fraction of sp³-hybridized carbons (Fsp3) is 1.00. The summed E-state index contributed by atoms with van der Waals surface area (Å²) in [6, 6.07) is 0.557. The van der Waals surface area contributed by atoms with Gasteiger partial charge in [-0.3, -0.25) is 0 Å². The molecule has 6 heteroatoms. The maximum atomic E-state index is 12.4. The van der Waals surface area contributed by atoms with E-state index in [0.717, 1.165) is 12.8 Å². The van der Waals surface area contributed by atoms with Crippen LogP contribution >= 0.6 is 0 Å². The molecule has 0 aromatic heterocycles. The molecule has 1 atom stereocenters. The molecule has 5 nitrogen and oxygen atoms in total. The van der Waals surface area contributed by atoms with E-state index in [2.05, 4.69) is 5.32 Å². The molecular weight excluding hydrogens is 264 g/mol. The number of ether oxygens (including phenoxy) is 1. The first-order valence-corrected chi connectivity index (χ1v) is 8.88. The third-order valence-corrected chi connectivity index (χ3v) is 6.21. The Kier molecular flexibility index (Phi) is 5.22. The highest BCUT2D eigenvalue weighted by atomic mass is 32.2. The monoisotopic (exact) mass is 290 g/mol. The Bertz CT molecular complexity index is 373. The SMILES string of the molecule is CCOC1CCN(S(=O)(=O)C(C)CNC2CC2)CC1. The summed E-state index contributed by atoms with van der Waals surface area (Å²) in [6.45, 7) is 6.26. The van der Waals surface area contributed by atoms with Gasteiger partial charge in [0.25, 0.3) is 0 Å². The lowest BCUT2D eigenvalue weighted by molar-refractivity contribution is 0.0289. The molecule has 2 fully saturated rings. The van der Waals surface area contributed by atoms with Crippen LogP contribution in [0.3, 0.4) is 0 Å². The van der Waals surface area contributed by atoms with Gasteiger partial charge in [0, 0.05) is 32.3 Å². The van der Waals surface area contributed by atoms with Gasteiger partial charge in [-0.15, -0.1) is 0 Å². The zero-order valence-electron chi connectivity index (χ0n) is 12.0. The summed E-state index contributed by atoms with van der Waals surface area (Å²) in [7, 11) is -3.15. The molecule has 19 heavy (non-hydrogen) atoms. The number of sulfonamides is 1. The maximum absolute atomic E-state index is 12.4. The number of nitrogens with one attached hydrogen (secondary N) is 1. The average Bonchev–Trinajstić information content (AvgIpc) is 3.21. The Labute approximate surface area is 116 Å². The van der Waals surface area contributed by atoms with Crippen molar-refractivity contribution in [3.05, 3.63) is 0 Å². The minimum Gasteiger partial charge on any atom is -0.378 e. The minimum absolute atomic E-state index is 0.233. The molecule has 0 aromatic rings. The summed E-state index contributed by atoms with van der Waals surface area (Å²) in [5.74, 6) is 0. The topological polar surface area (TPSA) is 58.6 Å². The van der Waals surface area contributed by atoms with Gasteiger partial charge >= 0.3 is 0 Å². The zero-order chi connectivity index (χ0) is 13.9. The van der Waals surface area contributed by atoms with Gasteiger partial charge in [0.05, 0.1) is 11.4 Å². The van der Waals surface area contributed by atoms with Crippen molar-refractivity contribution in [1.29, 1.82) is 0 Å². The second-order valence-corrected chi connectivity index (χ2v) is 7.94. The Morgan fingerprint density at radius 1 is 1.26 bits per heavy atom. The molecule has 112 valence electrons. The highest BCUT2D eigenvalue weighted by Gasteiger charge is 2.33. The van der Waals surface area contributed by atoms with E-state index < -0.39 is 10.0 Å². The van der Waals surface area contributed by atoms with Gasteiger partial charge in [0.1, 0.15) is 0 Å². The van der Waals surface area contributed by atoms with Crippen molar-refractivity contribution in [3.8, 4) is 0 Å². The standard InChI is InChI=1S/C13H26N2O3S/c1-3-18-13-6-8-15(9-7-13)19(16,17)11(2)10-14-12-4-5-12/h11-14H,3-10H2,1-2H3. The molecular formula is C13H26N2O3S. The van der Waals surface area contributed by atoms with E-state index in [1.807, 2.05) is 6.92 Å². The third kappa shape index (κ3) is 4.15. The van der Waals surface area contributed by atoms with Crippen molar-refractivity contribution >= 4 is 10.0 Å². The summed E-state index contributed by atoms with van der Waals surface area (Å²) in [5.41, 5.74) is 0. The lowest BCUT2D eigenvalue weighted by atomic mass is 10.1. The van der Waals surface area contributed by atoms with Crippen LogP contribution in [0.15, 0.2) is 0 Å². The molecule has 1 aliphatic carbocycles. The molecule has 1 unspecified atom stereocenters. The van der Waals surface area contributed by atoms with Crippen molar-refractivity contribution in [1.82, 2.24) is 9.62 Å². The molecule has 0 amide bonds. The van der Waals surface area contributed by atoms with Crippen LogP contribution in [-0.4, -0.2) is 56.4 Å². The second kappa shape index (κ2) is 6.52. The summed E-state index contributed by atoms with van der Waals surface area (Å²) in [4.78, 5) is 0. The summed E-state index contributed by atoms with van der Waals surface area (Å²) in [6.07, 6.45) is 4.24. The number of piperidine rings is 1. The van der Waals surface area contributed by atoms with Crippen molar-refractivity contribution in [3.63, 3.8) is 0 Å². The maximum Gasteiger partial charge on any atom is 0.217 e. The van der Waals surface area contributed by atoms with Crippen molar-refractivity contribution in [2.24, 2.45) is 0 Å². The lowest BCUT2D eigenvalue weighted by Gasteiger charge is -2.32. The molecule has 0 aromatic carbocycles. The quantitative estimate of drug-likeness (QED) is 0.759. The van der Waals surface area contributed by atoms with Crippen molar-refractivity contribution in [2.45, 2.75) is 56.9 Å². The minimum atomic E-state index is -3.15. The number of nitrogens with zero attached hydrogens (tertiary/aromatic N) is 1. The normalized spacial score (nSPS) is 24.5. The first-order valence-electron chi connectivity index (χ1n) is 7.38. The van der Waals surface area contributed by atoms with Crippen LogP contribution in [-0.2, 0) is 14.8 Å². The molecule has 1 N–H and O–H groups in total. The highest BCUT2D eigenvalue weighted by Crippen LogP contribution is 2.21. The Morgan fingerprint density at radius 2 is 1.89 bits per heavy atom. The van der Waals surface area contributed by atoms with E-state index in [1.54, 1.807) is 11.2 Å². The molecule has 1 saturated heterocycles. The predicted molar refractivity (Wildman–Crippen MR) is 75.6 cm³/mol. The zero-order valence-corrected chi connectivity index (χ0v) is 12.8. The van der Waals surface area contributed by atoms with E-state index >= 15 is 0 Å². The van der Waals surface area contributed by atoms with E-state index in [4.69, 9.17) is 4.74 Å². The highest BCUT2D eigenvalue weighted by molar-refractivity contribution is 7.89. The second-order valence-electron chi connectivity index (χ2n) is 5.59. The number of hydrogen-bond acceptors (Lipinski definition) is 4. The summed E-state index contributed by atoms with van der Waals surface area (Å²) >= 11 is 0. The van der Waals surface area contributed by atoms with Crippen LogP contribution in [0.5, 0.6) is 0 Å². The molecule has 0 radical (unpaired) electrons. The van der Waals surface area contributed by atoms with Gasteiger partial charge in [0.15, 0.2) is 0 Å². The lowest BCUT2D eigenvalue weighted by Crippen LogP contribution is -2.47. The number of hydrogen-bond donors (Lipinski definition) is 1. The fourth-order valence-corrected chi connectivity index (χ4v) is 4.00.